The number of Topliss-reactive ketones (excluding diaryl/α,β-unsaturated/α-hetero) is 1. The van der Waals surface area contributed by atoms with Crippen LogP contribution in [-0.4, -0.2) is 51.5 Å². The van der Waals surface area contributed by atoms with Crippen LogP contribution in [-0.2, 0) is 4.79 Å². The zero-order chi connectivity index (χ0) is 22.3. The molecule has 1 amide bonds. The molecule has 0 saturated carbocycles. The van der Waals surface area contributed by atoms with E-state index in [9.17, 15) is 14.0 Å². The summed E-state index contributed by atoms with van der Waals surface area (Å²) in [6.45, 7) is 3.37. The van der Waals surface area contributed by atoms with E-state index < -0.39 is 5.54 Å². The summed E-state index contributed by atoms with van der Waals surface area (Å²) >= 11 is 0. The van der Waals surface area contributed by atoms with Crippen LogP contribution >= 0.6 is 0 Å². The number of carbonyl (C=O) groups excluding carboxylic acids is 2. The van der Waals surface area contributed by atoms with E-state index in [4.69, 9.17) is 5.10 Å². The average molecular weight is 436 g/mol. The number of ketones is 1. The van der Waals surface area contributed by atoms with Gasteiger partial charge in [0, 0.05) is 13.1 Å². The highest BCUT2D eigenvalue weighted by Crippen LogP contribution is 2.35. The van der Waals surface area contributed by atoms with Gasteiger partial charge in [0.1, 0.15) is 17.2 Å². The van der Waals surface area contributed by atoms with Crippen LogP contribution in [0.5, 0.6) is 0 Å². The van der Waals surface area contributed by atoms with Gasteiger partial charge in [-0.25, -0.2) is 13.9 Å². The van der Waals surface area contributed by atoms with Crippen LogP contribution in [0.2, 0.25) is 0 Å². The first-order valence-electron chi connectivity index (χ1n) is 10.9. The molecule has 3 aromatic rings. The Hall–Kier alpha value is -3.33. The average Bonchev–Trinajstić information content (AvgIpc) is 3.52. The molecule has 2 N–H and O–H groups in total. The highest BCUT2D eigenvalue weighted by Gasteiger charge is 2.40. The van der Waals surface area contributed by atoms with Crippen molar-refractivity contribution >= 4 is 23.2 Å². The zero-order valence-corrected chi connectivity index (χ0v) is 17.8. The number of fused-ring (bicyclic) bond motifs is 1. The molecule has 2 aliphatic heterocycles. The number of rotatable bonds is 5. The molecule has 5 rings (SSSR count). The number of imidazole rings is 1. The Morgan fingerprint density at radius 2 is 2.16 bits per heavy atom. The minimum atomic E-state index is -0.906. The molecule has 0 spiro atoms. The first kappa shape index (κ1) is 20.6. The number of hydrogen-bond acceptors (Lipinski definition) is 6. The molecule has 0 unspecified atom stereocenters. The normalized spacial score (nSPS) is 23.1. The van der Waals surface area contributed by atoms with E-state index in [-0.39, 0.29) is 29.2 Å². The molecule has 0 radical (unpaired) electrons. The Morgan fingerprint density at radius 3 is 2.91 bits per heavy atom. The number of hydrogen-bond donors (Lipinski definition) is 2. The van der Waals surface area contributed by atoms with Crippen molar-refractivity contribution in [3.8, 4) is 0 Å². The molecule has 2 aromatic heterocycles. The molecule has 8 nitrogen and oxygen atoms in total. The lowest BCUT2D eigenvalue weighted by atomic mass is 9.93. The van der Waals surface area contributed by atoms with Gasteiger partial charge in [-0.3, -0.25) is 9.59 Å². The van der Waals surface area contributed by atoms with E-state index in [1.807, 2.05) is 18.2 Å². The molecule has 2 saturated heterocycles. The third kappa shape index (κ3) is 3.52. The molecule has 0 aliphatic carbocycles. The molecule has 32 heavy (non-hydrogen) atoms. The molecule has 2 atom stereocenters. The van der Waals surface area contributed by atoms with E-state index in [0.717, 1.165) is 24.9 Å². The van der Waals surface area contributed by atoms with Crippen molar-refractivity contribution in [2.75, 3.05) is 24.5 Å². The zero-order valence-electron chi connectivity index (χ0n) is 17.8. The summed E-state index contributed by atoms with van der Waals surface area (Å²) in [5.74, 6) is -0.0234. The van der Waals surface area contributed by atoms with Gasteiger partial charge < -0.3 is 15.5 Å². The number of benzene rings is 1. The first-order valence-corrected chi connectivity index (χ1v) is 10.9. The number of carbonyl (C=O) groups is 2. The molecule has 1 aromatic carbocycles. The number of halogens is 1. The van der Waals surface area contributed by atoms with Gasteiger partial charge in [-0.2, -0.15) is 0 Å². The Balaban J connectivity index is 1.46. The van der Waals surface area contributed by atoms with Crippen molar-refractivity contribution in [1.82, 2.24) is 25.2 Å². The second-order valence-electron chi connectivity index (χ2n) is 8.53. The lowest BCUT2D eigenvalue weighted by molar-refractivity contribution is -0.122. The lowest BCUT2D eigenvalue weighted by Gasteiger charge is -2.27. The number of nitrogens with zero attached hydrogens (tertiary/aromatic N) is 4. The van der Waals surface area contributed by atoms with Gasteiger partial charge in [0.05, 0.1) is 12.2 Å². The highest BCUT2D eigenvalue weighted by atomic mass is 19.1. The maximum atomic E-state index is 13.8. The van der Waals surface area contributed by atoms with E-state index in [1.54, 1.807) is 12.1 Å². The monoisotopic (exact) mass is 436 g/mol. The molecule has 166 valence electrons. The van der Waals surface area contributed by atoms with E-state index in [1.165, 1.54) is 23.7 Å². The second kappa shape index (κ2) is 7.98. The summed E-state index contributed by atoms with van der Waals surface area (Å²) in [5.41, 5.74) is 0.818. The number of anilines is 1. The maximum absolute atomic E-state index is 13.8. The third-order valence-electron chi connectivity index (χ3n) is 6.54. The quantitative estimate of drug-likeness (QED) is 0.638. The smallest absolute Gasteiger partial charge is 0.272 e. The number of amides is 1. The van der Waals surface area contributed by atoms with Crippen LogP contribution in [0.1, 0.15) is 48.3 Å². The summed E-state index contributed by atoms with van der Waals surface area (Å²) in [5, 5.41) is 10.8. The van der Waals surface area contributed by atoms with Crippen LogP contribution in [0.3, 0.4) is 0 Å². The summed E-state index contributed by atoms with van der Waals surface area (Å²) in [6, 6.07) is 10.4. The van der Waals surface area contributed by atoms with E-state index in [0.29, 0.717) is 31.0 Å². The van der Waals surface area contributed by atoms with Gasteiger partial charge in [0.2, 0.25) is 0 Å². The van der Waals surface area contributed by atoms with Crippen LogP contribution in [0.15, 0.2) is 42.6 Å². The van der Waals surface area contributed by atoms with Gasteiger partial charge in [-0.1, -0.05) is 12.1 Å². The predicted molar refractivity (Wildman–Crippen MR) is 117 cm³/mol. The van der Waals surface area contributed by atoms with Crippen LogP contribution in [0, 0.1) is 5.82 Å². The Labute approximate surface area is 184 Å². The van der Waals surface area contributed by atoms with Crippen LogP contribution < -0.4 is 15.5 Å². The SMILES string of the molecule is CC(=O)[C@@]1(NC(=O)c2cnc3ccc(N4CCC[C@@H]4c4cccc(F)c4)nn23)CCNC1. The maximum Gasteiger partial charge on any atom is 0.272 e. The van der Waals surface area contributed by atoms with Crippen LogP contribution in [0.4, 0.5) is 10.2 Å². The molecule has 9 heteroatoms. The number of aromatic nitrogens is 3. The summed E-state index contributed by atoms with van der Waals surface area (Å²) < 4.78 is 15.3. The van der Waals surface area contributed by atoms with Crippen molar-refractivity contribution in [1.29, 1.82) is 0 Å². The molecule has 2 fully saturated rings. The predicted octanol–water partition coefficient (Wildman–Crippen LogP) is 2.26. The van der Waals surface area contributed by atoms with Crippen molar-refractivity contribution in [2.24, 2.45) is 0 Å². The standard InChI is InChI=1S/C23H25FN6O2/c1-15(31)23(9-10-25-14-23)27-22(32)19-13-26-20-7-8-21(28-30(19)20)29-11-3-6-18(29)16-4-2-5-17(24)12-16/h2,4-5,7-8,12-13,18,25H,3,6,9-11,14H2,1H3,(H,27,32)/t18-,23-/m1/s1. The van der Waals surface area contributed by atoms with Gasteiger partial charge in [-0.05, 0) is 62.6 Å². The van der Waals surface area contributed by atoms with Crippen molar-refractivity contribution < 1.29 is 14.0 Å². The fraction of sp³-hybridized carbons (Fsp3) is 0.391. The van der Waals surface area contributed by atoms with Gasteiger partial charge in [0.15, 0.2) is 17.1 Å². The minimum Gasteiger partial charge on any atom is -0.348 e. The van der Waals surface area contributed by atoms with E-state index >= 15 is 0 Å². The van der Waals surface area contributed by atoms with Gasteiger partial charge in [-0.15, -0.1) is 5.10 Å². The summed E-state index contributed by atoms with van der Waals surface area (Å²) in [7, 11) is 0. The van der Waals surface area contributed by atoms with E-state index in [2.05, 4.69) is 20.5 Å². The van der Waals surface area contributed by atoms with Crippen molar-refractivity contribution in [3.63, 3.8) is 0 Å². The van der Waals surface area contributed by atoms with Gasteiger partial charge >= 0.3 is 0 Å². The molecular formula is C23H25FN6O2. The topological polar surface area (TPSA) is 91.6 Å². The largest absolute Gasteiger partial charge is 0.348 e. The molecule has 4 heterocycles. The first-order chi connectivity index (χ1) is 15.5. The highest BCUT2D eigenvalue weighted by molar-refractivity contribution is 5.98. The Kier molecular flexibility index (Phi) is 5.13. The Bertz CT molecular complexity index is 1190. The Morgan fingerprint density at radius 1 is 1.28 bits per heavy atom. The fourth-order valence-corrected chi connectivity index (χ4v) is 4.74. The van der Waals surface area contributed by atoms with Gasteiger partial charge in [0.25, 0.3) is 5.91 Å². The molecule has 2 aliphatic rings. The minimum absolute atomic E-state index is 0.0157. The second-order valence-corrected chi connectivity index (χ2v) is 8.53. The molecular weight excluding hydrogens is 411 g/mol. The number of nitrogens with one attached hydrogen (secondary N) is 2. The van der Waals surface area contributed by atoms with Crippen LogP contribution in [0.25, 0.3) is 5.65 Å². The van der Waals surface area contributed by atoms with Crippen molar-refractivity contribution in [3.05, 3.63) is 59.7 Å². The third-order valence-corrected chi connectivity index (χ3v) is 6.54. The fourth-order valence-electron chi connectivity index (χ4n) is 4.74. The summed E-state index contributed by atoms with van der Waals surface area (Å²) in [4.78, 5) is 31.8. The molecule has 0 bridgehead atoms. The lowest BCUT2D eigenvalue weighted by Crippen LogP contribution is -2.55. The summed E-state index contributed by atoms with van der Waals surface area (Å²) in [6.07, 6.45) is 3.89. The van der Waals surface area contributed by atoms with Crippen molar-refractivity contribution in [2.45, 2.75) is 37.8 Å².